The summed E-state index contributed by atoms with van der Waals surface area (Å²) in [5, 5.41) is 21.7. The fraction of sp³-hybridized carbons (Fsp3) is 0.667. The molecule has 6 N–H and O–H groups in total. The van der Waals surface area contributed by atoms with E-state index in [0.29, 0.717) is 6.54 Å². The van der Waals surface area contributed by atoms with Crippen LogP contribution in [0.3, 0.4) is 0 Å². The molecule has 98 valence electrons. The van der Waals surface area contributed by atoms with Crippen LogP contribution in [0.5, 0.6) is 0 Å². The van der Waals surface area contributed by atoms with E-state index in [1.54, 1.807) is 0 Å². The van der Waals surface area contributed by atoms with Crippen LogP contribution in [-0.2, 0) is 19.7 Å². The Morgan fingerprint density at radius 3 is 1.71 bits per heavy atom. The average Bonchev–Trinajstić information content (AvgIpc) is 2.12. The normalized spacial score (nSPS) is 11.5. The van der Waals surface area contributed by atoms with Gasteiger partial charge in [-0.25, -0.2) is 0 Å². The number of carbonyl (C=O) groups is 2. The minimum absolute atomic E-state index is 0. The van der Waals surface area contributed by atoms with Gasteiger partial charge in [-0.1, -0.05) is 0 Å². The van der Waals surface area contributed by atoms with Crippen LogP contribution in [0.1, 0.15) is 7.85 Å². The van der Waals surface area contributed by atoms with Gasteiger partial charge >= 0.3 is 41.5 Å². The summed E-state index contributed by atoms with van der Waals surface area (Å²) in [6.07, 6.45) is -1.16. The van der Waals surface area contributed by atoms with Gasteiger partial charge in [-0.05, 0) is 0 Å². The molecule has 9 nitrogen and oxygen atoms in total. The number of nitrogens with two attached hydrogens (primary N) is 1. The van der Waals surface area contributed by atoms with Gasteiger partial charge in [0.15, 0.2) is 5.25 Å². The minimum atomic E-state index is -4.84. The Kier molecular flexibility index (Phi) is 14.1. The number of hydrogen-bond donors (Lipinski definition) is 5. The number of carboxylic acids is 2. The number of hydrogen-bond acceptors (Lipinski definition) is 6. The van der Waals surface area contributed by atoms with Crippen molar-refractivity contribution in [2.75, 3.05) is 13.2 Å². The zero-order valence-corrected chi connectivity index (χ0v) is 11.9. The van der Waals surface area contributed by atoms with Crippen LogP contribution in [0.15, 0.2) is 0 Å². The fourth-order valence-electron chi connectivity index (χ4n) is 0.479. The van der Waals surface area contributed by atoms with Gasteiger partial charge in [0.2, 0.25) is 0 Å². The quantitative estimate of drug-likeness (QED) is 0.244. The van der Waals surface area contributed by atoms with Crippen molar-refractivity contribution in [3.8, 4) is 0 Å². The van der Waals surface area contributed by atoms with Crippen molar-refractivity contribution in [1.29, 1.82) is 0 Å². The Morgan fingerprint density at radius 2 is 1.65 bits per heavy atom. The van der Waals surface area contributed by atoms with Gasteiger partial charge < -0.3 is 22.5 Å². The third-order valence-corrected chi connectivity index (χ3v) is 2.21. The van der Waals surface area contributed by atoms with E-state index >= 15 is 0 Å². The molecule has 1 atom stereocenters. The van der Waals surface area contributed by atoms with Crippen LogP contribution < -0.4 is 35.3 Å². The van der Waals surface area contributed by atoms with Crippen LogP contribution in [0, 0.1) is 0 Å². The Hall–Kier alpha value is -0.230. The number of carboxylic acid groups (broad SMARTS) is 2. The smallest absolute Gasteiger partial charge is 1.00 e. The summed E-state index contributed by atoms with van der Waals surface area (Å²) in [7, 11) is -4.84. The van der Waals surface area contributed by atoms with E-state index in [9.17, 15) is 18.0 Å². The van der Waals surface area contributed by atoms with Crippen molar-refractivity contribution < 1.29 is 68.9 Å². The molecule has 0 saturated carbocycles. The molecule has 0 aliphatic heterocycles. The number of aliphatic carboxylic acids is 2. The van der Waals surface area contributed by atoms with Gasteiger partial charge in [-0.3, -0.25) is 14.1 Å². The third kappa shape index (κ3) is 13.7. The molecule has 0 amide bonds. The summed E-state index contributed by atoms with van der Waals surface area (Å²) in [6.45, 7) is 0.472. The predicted octanol–water partition coefficient (Wildman–Crippen LogP) is -5.14. The van der Waals surface area contributed by atoms with Crippen molar-refractivity contribution in [1.82, 2.24) is 0 Å². The van der Waals surface area contributed by atoms with Crippen molar-refractivity contribution in [2.24, 2.45) is 5.73 Å². The van der Waals surface area contributed by atoms with Gasteiger partial charge in [-0.2, -0.15) is 8.42 Å². The molecule has 0 aromatic carbocycles. The molecular weight excluding hydrogens is 269 g/mol. The Bertz CT molecular complexity index is 332. The number of aliphatic hydroxyl groups excluding tert-OH is 1. The van der Waals surface area contributed by atoms with Gasteiger partial charge in [0.25, 0.3) is 10.1 Å². The fourth-order valence-corrected chi connectivity index (χ4v) is 1.09. The van der Waals surface area contributed by atoms with Crippen LogP contribution in [0.25, 0.3) is 0 Å². The first-order valence-corrected chi connectivity index (χ1v) is 5.39. The molecule has 11 heteroatoms. The maximum Gasteiger partial charge on any atom is 1.00 e. The Labute approximate surface area is 121 Å². The second-order valence-electron chi connectivity index (χ2n) is 2.45. The van der Waals surface area contributed by atoms with Gasteiger partial charge in [0.05, 0.1) is 13.0 Å². The first-order valence-electron chi connectivity index (χ1n) is 3.88. The molecule has 0 aliphatic rings. The maximum absolute atomic E-state index is 10.2. The van der Waals surface area contributed by atoms with E-state index < -0.39 is 33.7 Å². The van der Waals surface area contributed by atoms with Crippen LogP contribution in [-0.4, -0.2) is 58.6 Å². The van der Waals surface area contributed by atoms with Crippen LogP contribution in [0.2, 0.25) is 0 Å². The van der Waals surface area contributed by atoms with E-state index in [1.165, 1.54) is 0 Å². The molecule has 1 unspecified atom stereocenters. The van der Waals surface area contributed by atoms with Gasteiger partial charge in [0.1, 0.15) is 0 Å². The van der Waals surface area contributed by atoms with E-state index in [2.05, 4.69) is 0 Å². The second-order valence-corrected chi connectivity index (χ2v) is 4.05. The van der Waals surface area contributed by atoms with Crippen LogP contribution in [0.4, 0.5) is 0 Å². The topological polar surface area (TPSA) is 175 Å². The SMILES string of the molecule is NCCO.O=C(O)CC(C(=O)O)S(=O)(=O)O.[H-].[Na+]. The summed E-state index contributed by atoms with van der Waals surface area (Å²) in [5.74, 6) is -3.50. The zero-order valence-electron chi connectivity index (χ0n) is 10.1. The summed E-state index contributed by atoms with van der Waals surface area (Å²) in [5.41, 5.74) is 4.78. The molecule has 17 heavy (non-hydrogen) atoms. The largest absolute Gasteiger partial charge is 1.00 e. The zero-order chi connectivity index (χ0) is 13.4. The number of rotatable bonds is 5. The first-order chi connectivity index (χ1) is 7.16. The average molecular weight is 283 g/mol. The van der Waals surface area contributed by atoms with Gasteiger partial charge in [0, 0.05) is 6.54 Å². The molecule has 0 rings (SSSR count). The van der Waals surface area contributed by atoms with E-state index in [4.69, 9.17) is 25.6 Å². The summed E-state index contributed by atoms with van der Waals surface area (Å²) in [4.78, 5) is 20.0. The summed E-state index contributed by atoms with van der Waals surface area (Å²) >= 11 is 0. The molecule has 0 bridgehead atoms. The minimum Gasteiger partial charge on any atom is -1.00 e. The molecule has 0 aromatic heterocycles. The van der Waals surface area contributed by atoms with Gasteiger partial charge in [-0.15, -0.1) is 0 Å². The summed E-state index contributed by atoms with van der Waals surface area (Å²) < 4.78 is 28.7. The first kappa shape index (κ1) is 22.0. The molecular formula is C6H14NNaO8S. The van der Waals surface area contributed by atoms with Crippen molar-refractivity contribution in [2.45, 2.75) is 11.7 Å². The predicted molar refractivity (Wildman–Crippen MR) is 52.5 cm³/mol. The molecule has 0 heterocycles. The second kappa shape index (κ2) is 10.9. The molecule has 0 aliphatic carbocycles. The summed E-state index contributed by atoms with van der Waals surface area (Å²) in [6, 6.07) is 0. The molecule has 0 aromatic rings. The van der Waals surface area contributed by atoms with Crippen molar-refractivity contribution in [3.05, 3.63) is 0 Å². The maximum atomic E-state index is 10.2. The molecule has 0 spiro atoms. The standard InChI is InChI=1S/C4H6O7S.C2H7NO.Na.H/c5-3(6)1-2(4(7)8)12(9,10)11;3-1-2-4;;/h2H,1H2,(H,5,6)(H,7,8)(H,9,10,11);4H,1-3H2;;/q;;+1;-1. The van der Waals surface area contributed by atoms with Crippen molar-refractivity contribution in [3.63, 3.8) is 0 Å². The number of aliphatic hydroxyl groups is 1. The Balaban J connectivity index is -0.000000143. The molecule has 0 saturated heterocycles. The molecule has 0 fully saturated rings. The van der Waals surface area contributed by atoms with E-state index in [-0.39, 0.29) is 37.6 Å². The third-order valence-electron chi connectivity index (χ3n) is 1.12. The van der Waals surface area contributed by atoms with E-state index in [0.717, 1.165) is 0 Å². The Morgan fingerprint density at radius 1 is 1.29 bits per heavy atom. The molecule has 0 radical (unpaired) electrons. The van der Waals surface area contributed by atoms with Crippen molar-refractivity contribution >= 4 is 22.1 Å². The monoisotopic (exact) mass is 283 g/mol. The van der Waals surface area contributed by atoms with Crippen LogP contribution >= 0.6 is 0 Å². The van der Waals surface area contributed by atoms with E-state index in [1.807, 2.05) is 0 Å².